The van der Waals surface area contributed by atoms with Crippen LogP contribution < -0.4 is 9.47 Å². The fourth-order valence-electron chi connectivity index (χ4n) is 3.54. The highest BCUT2D eigenvalue weighted by molar-refractivity contribution is 5.97. The van der Waals surface area contributed by atoms with Gasteiger partial charge in [0.25, 0.3) is 5.91 Å². The van der Waals surface area contributed by atoms with Gasteiger partial charge in [-0.2, -0.15) is 0 Å². The van der Waals surface area contributed by atoms with Crippen LogP contribution in [0.1, 0.15) is 15.9 Å². The van der Waals surface area contributed by atoms with Gasteiger partial charge in [0.05, 0.1) is 33.0 Å². The zero-order chi connectivity index (χ0) is 19.8. The molecule has 1 amide bonds. The largest absolute Gasteiger partial charge is 0.496 e. The van der Waals surface area contributed by atoms with E-state index >= 15 is 0 Å². The number of likely N-dealkylation sites (tertiary alicyclic amines) is 1. The Hall–Kier alpha value is -3.15. The summed E-state index contributed by atoms with van der Waals surface area (Å²) in [5, 5.41) is 0.896. The van der Waals surface area contributed by atoms with Crippen LogP contribution >= 0.6 is 0 Å². The first kappa shape index (κ1) is 18.2. The molecule has 0 bridgehead atoms. The van der Waals surface area contributed by atoms with Crippen molar-refractivity contribution in [3.63, 3.8) is 0 Å². The first-order valence-corrected chi connectivity index (χ1v) is 9.08. The smallest absolute Gasteiger partial charge is 0.254 e. The first-order valence-electron chi connectivity index (χ1n) is 9.08. The summed E-state index contributed by atoms with van der Waals surface area (Å²) in [4.78, 5) is 18.8. The second-order valence-corrected chi connectivity index (χ2v) is 6.91. The maximum absolute atomic E-state index is 13.1. The van der Waals surface area contributed by atoms with E-state index in [1.807, 2.05) is 37.3 Å². The van der Waals surface area contributed by atoms with Crippen molar-refractivity contribution in [2.45, 2.75) is 13.1 Å². The number of hydrogen-bond donors (Lipinski definition) is 0. The summed E-state index contributed by atoms with van der Waals surface area (Å²) in [7, 11) is 3.23. The Kier molecular flexibility index (Phi) is 4.63. The minimum atomic E-state index is -0.917. The predicted molar refractivity (Wildman–Crippen MR) is 106 cm³/mol. The molecule has 0 spiro atoms. The molecule has 4 rings (SSSR count). The van der Waals surface area contributed by atoms with E-state index in [4.69, 9.17) is 14.5 Å². The second kappa shape index (κ2) is 7.11. The van der Waals surface area contributed by atoms with Crippen LogP contribution in [0.3, 0.4) is 0 Å². The highest BCUT2D eigenvalue weighted by Crippen LogP contribution is 2.36. The van der Waals surface area contributed by atoms with Crippen molar-refractivity contribution in [3.05, 3.63) is 53.6 Å². The summed E-state index contributed by atoms with van der Waals surface area (Å²) < 4.78 is 24.1. The number of methoxy groups -OCH3 is 2. The van der Waals surface area contributed by atoms with E-state index in [-0.39, 0.29) is 19.0 Å². The first-order chi connectivity index (χ1) is 13.5. The molecule has 0 saturated carbocycles. The number of rotatable bonds is 4. The summed E-state index contributed by atoms with van der Waals surface area (Å²) in [6, 6.07) is 12.9. The third kappa shape index (κ3) is 3.05. The van der Waals surface area contributed by atoms with Gasteiger partial charge in [-0.3, -0.25) is 4.79 Å². The third-order valence-electron chi connectivity index (χ3n) is 5.05. The molecule has 1 saturated heterocycles. The zero-order valence-electron chi connectivity index (χ0n) is 16.0. The number of carbonyl (C=O) groups excluding carboxylic acids is 1. The Morgan fingerprint density at radius 3 is 2.50 bits per heavy atom. The molecule has 2 aromatic carbocycles. The molecule has 0 unspecified atom stereocenters. The number of alkyl halides is 1. The number of hydrogen-bond acceptors (Lipinski definition) is 4. The van der Waals surface area contributed by atoms with Crippen LogP contribution in [0.15, 0.2) is 42.5 Å². The Bertz CT molecular complexity index is 1060. The SMILES string of the molecule is COc1ccc(OC)c2c(C)cc(-c3cccc(C(=O)N4CC(F)C4)c3)nc12. The van der Waals surface area contributed by atoms with Crippen LogP contribution in [0.5, 0.6) is 11.5 Å². The van der Waals surface area contributed by atoms with Gasteiger partial charge < -0.3 is 14.4 Å². The Labute approximate surface area is 162 Å². The lowest BCUT2D eigenvalue weighted by atomic mass is 10.0. The fraction of sp³-hybridized carbons (Fsp3) is 0.273. The quantitative estimate of drug-likeness (QED) is 0.686. The Morgan fingerprint density at radius 2 is 1.82 bits per heavy atom. The fourth-order valence-corrected chi connectivity index (χ4v) is 3.54. The molecular weight excluding hydrogens is 359 g/mol. The number of aryl methyl sites for hydroxylation is 1. The maximum Gasteiger partial charge on any atom is 0.254 e. The Morgan fingerprint density at radius 1 is 1.11 bits per heavy atom. The third-order valence-corrected chi connectivity index (χ3v) is 5.05. The van der Waals surface area contributed by atoms with Gasteiger partial charge in [0.15, 0.2) is 0 Å². The molecule has 2 heterocycles. The zero-order valence-corrected chi connectivity index (χ0v) is 16.0. The minimum absolute atomic E-state index is 0.160. The van der Waals surface area contributed by atoms with Gasteiger partial charge in [-0.05, 0) is 42.8 Å². The summed E-state index contributed by atoms with van der Waals surface area (Å²) in [5.74, 6) is 1.23. The van der Waals surface area contributed by atoms with E-state index in [1.165, 1.54) is 4.90 Å². The molecule has 5 nitrogen and oxygen atoms in total. The normalized spacial score (nSPS) is 14.1. The van der Waals surface area contributed by atoms with E-state index in [1.54, 1.807) is 26.4 Å². The molecule has 6 heteroatoms. The van der Waals surface area contributed by atoms with Gasteiger partial charge in [0, 0.05) is 16.5 Å². The van der Waals surface area contributed by atoms with Crippen LogP contribution in [0.2, 0.25) is 0 Å². The summed E-state index contributed by atoms with van der Waals surface area (Å²) in [6.07, 6.45) is -0.917. The molecule has 144 valence electrons. The summed E-state index contributed by atoms with van der Waals surface area (Å²) in [6.45, 7) is 2.31. The topological polar surface area (TPSA) is 51.7 Å². The van der Waals surface area contributed by atoms with Crippen LogP contribution in [-0.2, 0) is 0 Å². The molecule has 28 heavy (non-hydrogen) atoms. The van der Waals surface area contributed by atoms with E-state index < -0.39 is 6.17 Å². The van der Waals surface area contributed by atoms with E-state index in [0.29, 0.717) is 16.8 Å². The molecule has 0 N–H and O–H groups in total. The summed E-state index contributed by atoms with van der Waals surface area (Å²) >= 11 is 0. The van der Waals surface area contributed by atoms with E-state index in [2.05, 4.69) is 0 Å². The van der Waals surface area contributed by atoms with Crippen molar-refractivity contribution < 1.29 is 18.7 Å². The molecule has 0 aliphatic carbocycles. The molecule has 3 aromatic rings. The lowest BCUT2D eigenvalue weighted by Gasteiger charge is -2.34. The van der Waals surface area contributed by atoms with Gasteiger partial charge in [0.1, 0.15) is 23.2 Å². The highest BCUT2D eigenvalue weighted by atomic mass is 19.1. The van der Waals surface area contributed by atoms with Crippen LogP contribution in [0.25, 0.3) is 22.2 Å². The number of ether oxygens (including phenoxy) is 2. The lowest BCUT2D eigenvalue weighted by Crippen LogP contribution is -2.51. The number of pyridine rings is 1. The number of fused-ring (bicyclic) bond motifs is 1. The maximum atomic E-state index is 13.1. The highest BCUT2D eigenvalue weighted by Gasteiger charge is 2.31. The average molecular weight is 380 g/mol. The number of nitrogens with zero attached hydrogens (tertiary/aromatic N) is 2. The van der Waals surface area contributed by atoms with Crippen molar-refractivity contribution in [2.24, 2.45) is 0 Å². The number of carbonyl (C=O) groups is 1. The van der Waals surface area contributed by atoms with Crippen molar-refractivity contribution in [3.8, 4) is 22.8 Å². The van der Waals surface area contributed by atoms with E-state index in [0.717, 1.165) is 28.0 Å². The van der Waals surface area contributed by atoms with Crippen LogP contribution in [0, 0.1) is 6.92 Å². The van der Waals surface area contributed by atoms with Gasteiger partial charge in [0.2, 0.25) is 0 Å². The molecule has 1 aliphatic heterocycles. The monoisotopic (exact) mass is 380 g/mol. The molecule has 1 fully saturated rings. The molecule has 0 atom stereocenters. The molecule has 1 aliphatic rings. The standard InChI is InChI=1S/C22H21FN2O3/c1-13-9-17(24-21-19(28-3)8-7-18(27-2)20(13)21)14-5-4-6-15(10-14)22(26)25-11-16(23)12-25/h4-10,16H,11-12H2,1-3H3. The molecule has 0 radical (unpaired) electrons. The Balaban J connectivity index is 1.79. The van der Waals surface area contributed by atoms with Gasteiger partial charge in [-0.1, -0.05) is 12.1 Å². The van der Waals surface area contributed by atoms with Crippen molar-refractivity contribution >= 4 is 16.8 Å². The summed E-state index contributed by atoms with van der Waals surface area (Å²) in [5.41, 5.74) is 3.78. The van der Waals surface area contributed by atoms with Crippen molar-refractivity contribution in [2.75, 3.05) is 27.3 Å². The number of halogens is 1. The second-order valence-electron chi connectivity index (χ2n) is 6.91. The van der Waals surface area contributed by atoms with Gasteiger partial charge in [-0.15, -0.1) is 0 Å². The lowest BCUT2D eigenvalue weighted by molar-refractivity contribution is 0.0400. The van der Waals surface area contributed by atoms with Crippen molar-refractivity contribution in [1.29, 1.82) is 0 Å². The average Bonchev–Trinajstić information content (AvgIpc) is 2.70. The van der Waals surface area contributed by atoms with Gasteiger partial charge >= 0.3 is 0 Å². The molecular formula is C22H21FN2O3. The number of aromatic nitrogens is 1. The van der Waals surface area contributed by atoms with Crippen LogP contribution in [-0.4, -0.2) is 49.3 Å². The number of amides is 1. The molecule has 1 aromatic heterocycles. The van der Waals surface area contributed by atoms with Gasteiger partial charge in [-0.25, -0.2) is 9.37 Å². The van der Waals surface area contributed by atoms with Crippen LogP contribution in [0.4, 0.5) is 4.39 Å². The van der Waals surface area contributed by atoms with Crippen molar-refractivity contribution in [1.82, 2.24) is 9.88 Å². The van der Waals surface area contributed by atoms with E-state index in [9.17, 15) is 9.18 Å². The minimum Gasteiger partial charge on any atom is -0.496 e. The predicted octanol–water partition coefficient (Wildman–Crippen LogP) is 4.02. The number of benzene rings is 2.